The normalized spacial score (nSPS) is 33.4. The molecule has 90 valence electrons. The molecule has 0 unspecified atom stereocenters. The molecule has 0 radical (unpaired) electrons. The molecule has 2 saturated heterocycles. The van der Waals surface area contributed by atoms with Crippen LogP contribution in [0.2, 0.25) is 0 Å². The molecule has 2 aliphatic heterocycles. The Morgan fingerprint density at radius 1 is 1.38 bits per heavy atom. The highest BCUT2D eigenvalue weighted by Crippen LogP contribution is 2.38. The van der Waals surface area contributed by atoms with Crippen molar-refractivity contribution in [2.24, 2.45) is 11.1 Å². The Morgan fingerprint density at radius 3 is 2.69 bits per heavy atom. The van der Waals surface area contributed by atoms with Crippen molar-refractivity contribution in [3.8, 4) is 0 Å². The van der Waals surface area contributed by atoms with Crippen LogP contribution in [0.3, 0.4) is 0 Å². The molecule has 4 heteroatoms. The third-order valence-corrected chi connectivity index (χ3v) is 3.90. The average Bonchev–Trinajstić information content (AvgIpc) is 2.53. The molecule has 2 rings (SSSR count). The number of rotatable bonds is 1. The molecule has 0 spiro atoms. The van der Waals surface area contributed by atoms with Gasteiger partial charge in [0.1, 0.15) is 6.04 Å². The maximum atomic E-state index is 12.1. The van der Waals surface area contributed by atoms with Gasteiger partial charge < -0.3 is 10.6 Å². The molecule has 2 heterocycles. The maximum absolute atomic E-state index is 12.1. The third-order valence-electron chi connectivity index (χ3n) is 3.90. The van der Waals surface area contributed by atoms with Crippen molar-refractivity contribution < 1.29 is 9.59 Å². The quantitative estimate of drug-likeness (QED) is 0.723. The van der Waals surface area contributed by atoms with Crippen LogP contribution < -0.4 is 5.73 Å². The summed E-state index contributed by atoms with van der Waals surface area (Å²) < 4.78 is 0. The molecule has 0 aromatic heterocycles. The van der Waals surface area contributed by atoms with Crippen LogP contribution in [-0.4, -0.2) is 28.8 Å². The zero-order chi connectivity index (χ0) is 11.9. The zero-order valence-corrected chi connectivity index (χ0v) is 10.0. The van der Waals surface area contributed by atoms with Crippen LogP contribution in [-0.2, 0) is 9.59 Å². The van der Waals surface area contributed by atoms with Gasteiger partial charge in [0, 0.05) is 12.5 Å². The van der Waals surface area contributed by atoms with E-state index in [4.69, 9.17) is 5.73 Å². The summed E-state index contributed by atoms with van der Waals surface area (Å²) in [4.78, 5) is 25.2. The van der Waals surface area contributed by atoms with Crippen molar-refractivity contribution in [2.75, 3.05) is 0 Å². The summed E-state index contributed by atoms with van der Waals surface area (Å²) >= 11 is 0. The molecule has 16 heavy (non-hydrogen) atoms. The molecule has 0 bridgehead atoms. The van der Waals surface area contributed by atoms with Gasteiger partial charge in [0.2, 0.25) is 11.8 Å². The molecule has 0 aromatic carbocycles. The van der Waals surface area contributed by atoms with Gasteiger partial charge in [0.25, 0.3) is 0 Å². The lowest BCUT2D eigenvalue weighted by Gasteiger charge is -2.27. The second kappa shape index (κ2) is 3.75. The van der Waals surface area contributed by atoms with Gasteiger partial charge >= 0.3 is 0 Å². The smallest absolute Gasteiger partial charge is 0.240 e. The summed E-state index contributed by atoms with van der Waals surface area (Å²) in [6.45, 7) is 4.23. The van der Waals surface area contributed by atoms with E-state index in [0.717, 1.165) is 25.7 Å². The number of fused-ring (bicyclic) bond motifs is 1. The lowest BCUT2D eigenvalue weighted by molar-refractivity contribution is -0.139. The van der Waals surface area contributed by atoms with Gasteiger partial charge in [-0.2, -0.15) is 0 Å². The zero-order valence-electron chi connectivity index (χ0n) is 10.0. The summed E-state index contributed by atoms with van der Waals surface area (Å²) in [5, 5.41) is 0. The summed E-state index contributed by atoms with van der Waals surface area (Å²) in [7, 11) is 0. The van der Waals surface area contributed by atoms with Gasteiger partial charge in [-0.1, -0.05) is 13.8 Å². The first kappa shape index (κ1) is 11.4. The van der Waals surface area contributed by atoms with Crippen molar-refractivity contribution in [3.63, 3.8) is 0 Å². The van der Waals surface area contributed by atoms with Crippen LogP contribution in [0.25, 0.3) is 0 Å². The fraction of sp³-hybridized carbons (Fsp3) is 0.833. The highest BCUT2D eigenvalue weighted by molar-refractivity contribution is 5.87. The number of nitrogens with zero attached hydrogens (tertiary/aromatic N) is 1. The van der Waals surface area contributed by atoms with Crippen molar-refractivity contribution in [1.29, 1.82) is 0 Å². The van der Waals surface area contributed by atoms with Crippen molar-refractivity contribution in [2.45, 2.75) is 58.0 Å². The van der Waals surface area contributed by atoms with E-state index in [1.54, 1.807) is 4.90 Å². The van der Waals surface area contributed by atoms with Crippen molar-refractivity contribution in [3.05, 3.63) is 0 Å². The van der Waals surface area contributed by atoms with Gasteiger partial charge in [-0.05, 0) is 31.1 Å². The van der Waals surface area contributed by atoms with Gasteiger partial charge in [0.15, 0.2) is 0 Å². The highest BCUT2D eigenvalue weighted by atomic mass is 16.2. The third kappa shape index (κ3) is 1.93. The largest absolute Gasteiger partial charge is 0.368 e. The number of carbonyl (C=O) groups is 2. The molecule has 2 fully saturated rings. The second-order valence-electron chi connectivity index (χ2n) is 5.83. The summed E-state index contributed by atoms with van der Waals surface area (Å²) in [5.74, 6) is -0.246. The van der Waals surface area contributed by atoms with Crippen LogP contribution in [0.15, 0.2) is 0 Å². The Balaban J connectivity index is 2.22. The molecule has 2 aliphatic rings. The van der Waals surface area contributed by atoms with Crippen LogP contribution in [0.1, 0.15) is 46.0 Å². The predicted molar refractivity (Wildman–Crippen MR) is 60.5 cm³/mol. The summed E-state index contributed by atoms with van der Waals surface area (Å²) in [6, 6.07) is -0.113. The standard InChI is InChI=1S/C12H20N2O2/c1-12(2)6-5-8-3-4-9(11(13)16)14(8)10(15)7-12/h8-9H,3-7H2,1-2H3,(H2,13,16)/t8-,9+/m1/s1. The number of carbonyl (C=O) groups excluding carboxylic acids is 2. The van der Waals surface area contributed by atoms with Crippen LogP contribution in [0, 0.1) is 5.41 Å². The average molecular weight is 224 g/mol. The number of hydrogen-bond acceptors (Lipinski definition) is 2. The number of nitrogens with two attached hydrogens (primary N) is 1. The van der Waals surface area contributed by atoms with E-state index in [2.05, 4.69) is 13.8 Å². The molecule has 2 atom stereocenters. The van der Waals surface area contributed by atoms with Gasteiger partial charge in [0.05, 0.1) is 0 Å². The number of primary amides is 1. The van der Waals surface area contributed by atoms with Crippen molar-refractivity contribution in [1.82, 2.24) is 4.90 Å². The van der Waals surface area contributed by atoms with Crippen LogP contribution in [0.4, 0.5) is 0 Å². The fourth-order valence-corrected chi connectivity index (χ4v) is 2.97. The van der Waals surface area contributed by atoms with E-state index < -0.39 is 0 Å². The Kier molecular flexibility index (Phi) is 2.68. The predicted octanol–water partition coefficient (Wildman–Crippen LogP) is 1.04. The first-order valence-corrected chi connectivity index (χ1v) is 6.01. The molecule has 0 aromatic rings. The molecular weight excluding hydrogens is 204 g/mol. The lowest BCUT2D eigenvalue weighted by atomic mass is 9.84. The molecule has 4 nitrogen and oxygen atoms in total. The monoisotopic (exact) mass is 224 g/mol. The molecule has 2 N–H and O–H groups in total. The van der Waals surface area contributed by atoms with Crippen LogP contribution in [0.5, 0.6) is 0 Å². The number of hydrogen-bond donors (Lipinski definition) is 1. The minimum absolute atomic E-state index is 0.0591. The minimum atomic E-state index is -0.355. The first-order chi connectivity index (χ1) is 7.41. The second-order valence-corrected chi connectivity index (χ2v) is 5.83. The van der Waals surface area contributed by atoms with Gasteiger partial charge in [-0.3, -0.25) is 9.59 Å². The maximum Gasteiger partial charge on any atom is 0.240 e. The molecule has 0 aliphatic carbocycles. The Labute approximate surface area is 96.2 Å². The number of amides is 2. The molecular formula is C12H20N2O2. The van der Waals surface area contributed by atoms with E-state index in [1.165, 1.54) is 0 Å². The topological polar surface area (TPSA) is 63.4 Å². The van der Waals surface area contributed by atoms with Gasteiger partial charge in [-0.25, -0.2) is 0 Å². The van der Waals surface area contributed by atoms with E-state index in [0.29, 0.717) is 6.42 Å². The fourth-order valence-electron chi connectivity index (χ4n) is 2.97. The lowest BCUT2D eigenvalue weighted by Crippen LogP contribution is -2.46. The highest BCUT2D eigenvalue weighted by Gasteiger charge is 2.43. The van der Waals surface area contributed by atoms with E-state index >= 15 is 0 Å². The van der Waals surface area contributed by atoms with Crippen LogP contribution >= 0.6 is 0 Å². The molecule has 2 amide bonds. The van der Waals surface area contributed by atoms with Gasteiger partial charge in [-0.15, -0.1) is 0 Å². The Bertz CT molecular complexity index is 325. The SMILES string of the molecule is CC1(C)CC[C@H]2CC[C@@H](C(N)=O)N2C(=O)C1. The minimum Gasteiger partial charge on any atom is -0.368 e. The summed E-state index contributed by atoms with van der Waals surface area (Å²) in [5.41, 5.74) is 5.41. The molecule has 0 saturated carbocycles. The Hall–Kier alpha value is -1.06. The van der Waals surface area contributed by atoms with E-state index in [1.807, 2.05) is 0 Å². The van der Waals surface area contributed by atoms with E-state index in [9.17, 15) is 9.59 Å². The Morgan fingerprint density at radius 2 is 2.06 bits per heavy atom. The van der Waals surface area contributed by atoms with Crippen molar-refractivity contribution >= 4 is 11.8 Å². The van der Waals surface area contributed by atoms with E-state index in [-0.39, 0.29) is 29.3 Å². The first-order valence-electron chi connectivity index (χ1n) is 6.01. The summed E-state index contributed by atoms with van der Waals surface area (Å²) in [6.07, 6.45) is 4.25.